The molecule has 1 heteroatoms. The molecular weight excluding hydrogens is 232 g/mol. The Morgan fingerprint density at radius 1 is 0.789 bits per heavy atom. The van der Waals surface area contributed by atoms with Crippen molar-refractivity contribution < 1.29 is 4.74 Å². The Balaban J connectivity index is 0.000000224. The minimum atomic E-state index is 1.00. The third-order valence-corrected chi connectivity index (χ3v) is 3.30. The molecule has 0 bridgehead atoms. The number of aryl methyl sites for hydroxylation is 1. The second kappa shape index (κ2) is 7.75. The van der Waals surface area contributed by atoms with Gasteiger partial charge in [-0.1, -0.05) is 61.5 Å². The predicted molar refractivity (Wildman–Crippen MR) is 81.3 cm³/mol. The van der Waals surface area contributed by atoms with Crippen molar-refractivity contribution in [2.75, 3.05) is 13.2 Å². The number of hydrogen-bond donors (Lipinski definition) is 0. The first-order valence-corrected chi connectivity index (χ1v) is 7.12. The van der Waals surface area contributed by atoms with E-state index in [1.54, 1.807) is 0 Å². The van der Waals surface area contributed by atoms with Gasteiger partial charge in [0.1, 0.15) is 0 Å². The lowest BCUT2D eigenvalue weighted by Gasteiger charge is -2.02. The van der Waals surface area contributed by atoms with Crippen LogP contribution in [0.5, 0.6) is 0 Å². The van der Waals surface area contributed by atoms with E-state index in [9.17, 15) is 0 Å². The summed E-state index contributed by atoms with van der Waals surface area (Å²) in [6.07, 6.45) is 3.66. The van der Waals surface area contributed by atoms with Crippen LogP contribution in [0.2, 0.25) is 0 Å². The third kappa shape index (κ3) is 4.53. The Bertz CT molecular complexity index is 447. The number of ether oxygens (including phenoxy) is 1. The first-order chi connectivity index (χ1) is 9.40. The molecule has 19 heavy (non-hydrogen) atoms. The summed E-state index contributed by atoms with van der Waals surface area (Å²) in [5.74, 6) is 0. The van der Waals surface area contributed by atoms with Crippen molar-refractivity contribution in [1.82, 2.24) is 0 Å². The Labute approximate surface area is 116 Å². The molecule has 0 amide bonds. The van der Waals surface area contributed by atoms with Crippen LogP contribution in [0.4, 0.5) is 0 Å². The van der Waals surface area contributed by atoms with Gasteiger partial charge in [0.2, 0.25) is 0 Å². The van der Waals surface area contributed by atoms with Crippen LogP contribution in [0, 0.1) is 0 Å². The fourth-order valence-corrected chi connectivity index (χ4v) is 2.07. The lowest BCUT2D eigenvalue weighted by Crippen LogP contribution is -1.80. The van der Waals surface area contributed by atoms with Crippen molar-refractivity contribution in [1.29, 1.82) is 0 Å². The van der Waals surface area contributed by atoms with Gasteiger partial charge in [0.25, 0.3) is 0 Å². The largest absolute Gasteiger partial charge is 0.381 e. The smallest absolute Gasteiger partial charge is 0.0466 e. The molecule has 0 atom stereocenters. The second-order valence-corrected chi connectivity index (χ2v) is 4.74. The van der Waals surface area contributed by atoms with E-state index < -0.39 is 0 Å². The Morgan fingerprint density at radius 3 is 1.84 bits per heavy atom. The van der Waals surface area contributed by atoms with Crippen LogP contribution in [0.1, 0.15) is 25.3 Å². The molecule has 1 heterocycles. The van der Waals surface area contributed by atoms with E-state index in [-0.39, 0.29) is 0 Å². The van der Waals surface area contributed by atoms with Gasteiger partial charge in [-0.05, 0) is 36.0 Å². The van der Waals surface area contributed by atoms with Crippen LogP contribution in [-0.2, 0) is 11.2 Å². The van der Waals surface area contributed by atoms with E-state index in [2.05, 4.69) is 55.5 Å². The van der Waals surface area contributed by atoms with Gasteiger partial charge >= 0.3 is 0 Å². The van der Waals surface area contributed by atoms with Gasteiger partial charge in [-0.15, -0.1) is 0 Å². The number of hydrogen-bond acceptors (Lipinski definition) is 1. The molecule has 2 aromatic carbocycles. The Morgan fingerprint density at radius 2 is 1.37 bits per heavy atom. The van der Waals surface area contributed by atoms with Crippen molar-refractivity contribution in [2.45, 2.75) is 26.2 Å². The van der Waals surface area contributed by atoms with Crippen molar-refractivity contribution in [3.63, 3.8) is 0 Å². The lowest BCUT2D eigenvalue weighted by atomic mass is 10.0. The van der Waals surface area contributed by atoms with Crippen molar-refractivity contribution >= 4 is 0 Å². The third-order valence-electron chi connectivity index (χ3n) is 3.30. The molecule has 0 aromatic heterocycles. The molecule has 1 saturated heterocycles. The van der Waals surface area contributed by atoms with E-state index in [4.69, 9.17) is 4.74 Å². The van der Waals surface area contributed by atoms with Crippen LogP contribution in [0.3, 0.4) is 0 Å². The summed E-state index contributed by atoms with van der Waals surface area (Å²) in [5.41, 5.74) is 3.97. The molecule has 100 valence electrons. The molecule has 0 spiro atoms. The topological polar surface area (TPSA) is 9.23 Å². The van der Waals surface area contributed by atoms with Gasteiger partial charge in [0, 0.05) is 13.2 Å². The minimum Gasteiger partial charge on any atom is -0.381 e. The maximum absolute atomic E-state index is 4.94. The zero-order chi connectivity index (χ0) is 13.3. The summed E-state index contributed by atoms with van der Waals surface area (Å²) in [6.45, 7) is 4.18. The van der Waals surface area contributed by atoms with Gasteiger partial charge in [-0.3, -0.25) is 0 Å². The summed E-state index contributed by atoms with van der Waals surface area (Å²) < 4.78 is 4.94. The summed E-state index contributed by atoms with van der Waals surface area (Å²) >= 11 is 0. The van der Waals surface area contributed by atoms with E-state index in [1.165, 1.54) is 29.5 Å². The highest BCUT2D eigenvalue weighted by atomic mass is 16.5. The molecule has 0 saturated carbocycles. The summed E-state index contributed by atoms with van der Waals surface area (Å²) in [4.78, 5) is 0. The maximum Gasteiger partial charge on any atom is 0.0466 e. The van der Waals surface area contributed by atoms with Gasteiger partial charge in [0.05, 0.1) is 0 Å². The quantitative estimate of drug-likeness (QED) is 0.754. The van der Waals surface area contributed by atoms with Crippen molar-refractivity contribution in [3.05, 3.63) is 60.2 Å². The molecule has 1 aliphatic heterocycles. The highest BCUT2D eigenvalue weighted by molar-refractivity contribution is 5.63. The lowest BCUT2D eigenvalue weighted by molar-refractivity contribution is 0.198. The molecule has 3 rings (SSSR count). The van der Waals surface area contributed by atoms with Gasteiger partial charge in [-0.25, -0.2) is 0 Å². The molecular formula is C18H22O. The zero-order valence-electron chi connectivity index (χ0n) is 11.6. The first kappa shape index (κ1) is 13.8. The molecule has 1 fully saturated rings. The Kier molecular flexibility index (Phi) is 5.64. The highest BCUT2D eigenvalue weighted by Gasteiger charge is 1.95. The fourth-order valence-electron chi connectivity index (χ4n) is 2.07. The standard InChI is InChI=1S/C14H14.C4H8O/c1-2-12-8-10-14(11-9-12)13-6-4-3-5-7-13;1-2-4-5-3-1/h3-11H,2H2,1H3;1-4H2. The van der Waals surface area contributed by atoms with E-state index >= 15 is 0 Å². The van der Waals surface area contributed by atoms with Crippen molar-refractivity contribution in [3.8, 4) is 11.1 Å². The molecule has 1 aliphatic rings. The Hall–Kier alpha value is -1.60. The molecule has 0 aliphatic carbocycles. The van der Waals surface area contributed by atoms with Crippen molar-refractivity contribution in [2.24, 2.45) is 0 Å². The van der Waals surface area contributed by atoms with Crippen LogP contribution in [0.25, 0.3) is 11.1 Å². The average molecular weight is 254 g/mol. The van der Waals surface area contributed by atoms with Crippen LogP contribution >= 0.6 is 0 Å². The molecule has 2 aromatic rings. The molecule has 1 nitrogen and oxygen atoms in total. The summed E-state index contributed by atoms with van der Waals surface area (Å²) in [6, 6.07) is 19.2. The van der Waals surface area contributed by atoms with E-state index in [0.717, 1.165) is 19.6 Å². The van der Waals surface area contributed by atoms with E-state index in [1.807, 2.05) is 6.07 Å². The predicted octanol–water partition coefficient (Wildman–Crippen LogP) is 4.71. The second-order valence-electron chi connectivity index (χ2n) is 4.74. The SMILES string of the molecule is C1CCOC1.CCc1ccc(-c2ccccc2)cc1. The van der Waals surface area contributed by atoms with E-state index in [0.29, 0.717) is 0 Å². The molecule has 0 radical (unpaired) electrons. The zero-order valence-corrected chi connectivity index (χ0v) is 11.6. The minimum absolute atomic E-state index is 1.00. The maximum atomic E-state index is 4.94. The number of benzene rings is 2. The van der Waals surface area contributed by atoms with Gasteiger partial charge < -0.3 is 4.74 Å². The van der Waals surface area contributed by atoms with Gasteiger partial charge in [0.15, 0.2) is 0 Å². The van der Waals surface area contributed by atoms with Crippen LogP contribution in [0.15, 0.2) is 54.6 Å². The number of rotatable bonds is 2. The normalized spacial score (nSPS) is 13.7. The average Bonchev–Trinajstić information content (AvgIpc) is 3.08. The molecule has 0 N–H and O–H groups in total. The van der Waals surface area contributed by atoms with Gasteiger partial charge in [-0.2, -0.15) is 0 Å². The summed E-state index contributed by atoms with van der Waals surface area (Å²) in [7, 11) is 0. The monoisotopic (exact) mass is 254 g/mol. The first-order valence-electron chi connectivity index (χ1n) is 7.12. The summed E-state index contributed by atoms with van der Waals surface area (Å²) in [5, 5.41) is 0. The van der Waals surface area contributed by atoms with Crippen LogP contribution < -0.4 is 0 Å². The highest BCUT2D eigenvalue weighted by Crippen LogP contribution is 2.19. The fraction of sp³-hybridized carbons (Fsp3) is 0.333. The molecule has 0 unspecified atom stereocenters. The van der Waals surface area contributed by atoms with Crippen LogP contribution in [-0.4, -0.2) is 13.2 Å².